The molecule has 3 heteroatoms. The molecule has 1 aromatic heterocycles. The molecule has 1 aliphatic heterocycles. The van der Waals surface area contributed by atoms with E-state index in [-0.39, 0.29) is 0 Å². The fourth-order valence-electron chi connectivity index (χ4n) is 3.66. The minimum absolute atomic E-state index is 0.911. The topological polar surface area (TPSA) is 21.1 Å². The van der Waals surface area contributed by atoms with Gasteiger partial charge in [-0.3, -0.25) is 4.57 Å². The van der Waals surface area contributed by atoms with Crippen LogP contribution in [0.2, 0.25) is 0 Å². The number of rotatable bonds is 2. The number of benzene rings is 3. The molecule has 0 fully saturated rings. The van der Waals surface area contributed by atoms with Crippen molar-refractivity contribution in [2.45, 2.75) is 13.3 Å². The van der Waals surface area contributed by atoms with Gasteiger partial charge in [0.25, 0.3) is 0 Å². The quantitative estimate of drug-likeness (QED) is 0.437. The second kappa shape index (κ2) is 4.96. The summed E-state index contributed by atoms with van der Waals surface area (Å²) in [6.45, 7) is 2.16. The molecule has 0 aliphatic carbocycles. The summed E-state index contributed by atoms with van der Waals surface area (Å²) in [5.41, 5.74) is 6.99. The molecule has 24 heavy (non-hydrogen) atoms. The highest BCUT2D eigenvalue weighted by molar-refractivity contribution is 6.01. The maximum Gasteiger partial charge on any atom is 0.114 e. The van der Waals surface area contributed by atoms with Crippen LogP contribution in [0, 0.1) is 0 Å². The van der Waals surface area contributed by atoms with Crippen LogP contribution in [0.3, 0.4) is 0 Å². The molecule has 0 atom stereocenters. The predicted octanol–water partition coefficient (Wildman–Crippen LogP) is 5.37. The van der Waals surface area contributed by atoms with Crippen molar-refractivity contribution in [1.82, 2.24) is 9.55 Å². The second-order valence-corrected chi connectivity index (χ2v) is 6.02. The minimum atomic E-state index is 0.911. The average Bonchev–Trinajstić information content (AvgIpc) is 3.03. The molecular formula is C21H17N3. The lowest BCUT2D eigenvalue weighted by atomic mass is 10.1. The van der Waals surface area contributed by atoms with Gasteiger partial charge in [0.1, 0.15) is 5.82 Å². The lowest BCUT2D eigenvalue weighted by Gasteiger charge is -2.32. The molecule has 0 saturated carbocycles. The fourth-order valence-corrected chi connectivity index (χ4v) is 3.66. The van der Waals surface area contributed by atoms with Crippen molar-refractivity contribution >= 4 is 28.1 Å². The molecule has 4 aromatic rings. The fraction of sp³-hybridized carbons (Fsp3) is 0.0952. The lowest BCUT2D eigenvalue weighted by molar-refractivity contribution is 0.900. The molecule has 3 aromatic carbocycles. The Morgan fingerprint density at radius 1 is 0.750 bits per heavy atom. The number of nitrogens with zero attached hydrogens (tertiary/aromatic N) is 3. The van der Waals surface area contributed by atoms with E-state index in [0.29, 0.717) is 0 Å². The monoisotopic (exact) mass is 311 g/mol. The van der Waals surface area contributed by atoms with Crippen LogP contribution >= 0.6 is 0 Å². The summed E-state index contributed by atoms with van der Waals surface area (Å²) in [7, 11) is 0. The highest BCUT2D eigenvalue weighted by atomic mass is 15.2. The number of fused-ring (bicyclic) bond motifs is 2. The summed E-state index contributed by atoms with van der Waals surface area (Å²) in [5, 5.41) is 0. The lowest BCUT2D eigenvalue weighted by Crippen LogP contribution is -2.18. The van der Waals surface area contributed by atoms with Gasteiger partial charge in [-0.2, -0.15) is 0 Å². The molecule has 0 bridgehead atoms. The van der Waals surface area contributed by atoms with Gasteiger partial charge in [0.05, 0.1) is 28.1 Å². The van der Waals surface area contributed by atoms with Crippen molar-refractivity contribution < 1.29 is 0 Å². The number of hydrogen-bond donors (Lipinski definition) is 0. The summed E-state index contributed by atoms with van der Waals surface area (Å²) in [6.07, 6.45) is 0.911. The third-order valence-electron chi connectivity index (χ3n) is 4.66. The minimum Gasteiger partial charge on any atom is -0.306 e. The maximum atomic E-state index is 4.87. The predicted molar refractivity (Wildman–Crippen MR) is 98.7 cm³/mol. The molecule has 5 rings (SSSR count). The molecule has 3 nitrogen and oxygen atoms in total. The van der Waals surface area contributed by atoms with Crippen LogP contribution in [0.25, 0.3) is 16.7 Å². The van der Waals surface area contributed by atoms with Gasteiger partial charge in [0, 0.05) is 12.1 Å². The Labute approximate surface area is 140 Å². The number of para-hydroxylation sites is 4. The second-order valence-electron chi connectivity index (χ2n) is 6.02. The molecular weight excluding hydrogens is 294 g/mol. The Balaban J connectivity index is 1.94. The van der Waals surface area contributed by atoms with Gasteiger partial charge in [-0.1, -0.05) is 43.3 Å². The van der Waals surface area contributed by atoms with Crippen molar-refractivity contribution in [1.29, 1.82) is 0 Å². The van der Waals surface area contributed by atoms with E-state index in [1.807, 2.05) is 0 Å². The molecule has 0 N–H and O–H groups in total. The number of anilines is 3. The zero-order valence-electron chi connectivity index (χ0n) is 13.5. The van der Waals surface area contributed by atoms with E-state index in [2.05, 4.69) is 89.2 Å². The van der Waals surface area contributed by atoms with Gasteiger partial charge >= 0.3 is 0 Å². The molecule has 0 spiro atoms. The molecule has 1 aliphatic rings. The first-order chi connectivity index (χ1) is 11.9. The number of hydrogen-bond acceptors (Lipinski definition) is 2. The van der Waals surface area contributed by atoms with Crippen molar-refractivity contribution in [3.63, 3.8) is 0 Å². The summed E-state index contributed by atoms with van der Waals surface area (Å²) in [6, 6.07) is 25.5. The highest BCUT2D eigenvalue weighted by Gasteiger charge is 2.27. The Morgan fingerprint density at radius 2 is 1.46 bits per heavy atom. The van der Waals surface area contributed by atoms with Gasteiger partial charge in [-0.15, -0.1) is 0 Å². The van der Waals surface area contributed by atoms with E-state index in [0.717, 1.165) is 17.8 Å². The maximum absolute atomic E-state index is 4.87. The Bertz CT molecular complexity index is 1050. The SMILES string of the molecule is CCc1nc2cccc3c2n1-c1ccccc1N3c1ccccc1. The molecule has 0 unspecified atom stereocenters. The Kier molecular flexibility index (Phi) is 2.77. The van der Waals surface area contributed by atoms with Crippen molar-refractivity contribution in [2.75, 3.05) is 4.90 Å². The molecule has 0 saturated heterocycles. The zero-order chi connectivity index (χ0) is 16.1. The Hall–Kier alpha value is -3.07. The van der Waals surface area contributed by atoms with Gasteiger partial charge in [-0.05, 0) is 36.4 Å². The van der Waals surface area contributed by atoms with Gasteiger partial charge in [0.15, 0.2) is 0 Å². The average molecular weight is 311 g/mol. The standard InChI is InChI=1S/C21H17N3/c1-2-20-22-16-11-8-14-19-21(16)24(20)18-13-7-6-12-17(18)23(19)15-9-4-3-5-10-15/h3-14H,2H2,1H3. The van der Waals surface area contributed by atoms with Crippen LogP contribution < -0.4 is 4.90 Å². The molecule has 116 valence electrons. The van der Waals surface area contributed by atoms with Crippen LogP contribution in [-0.4, -0.2) is 9.55 Å². The third kappa shape index (κ3) is 1.69. The zero-order valence-corrected chi connectivity index (χ0v) is 13.5. The molecule has 2 heterocycles. The molecule has 0 amide bonds. The first-order valence-electron chi connectivity index (χ1n) is 8.33. The summed E-state index contributed by atoms with van der Waals surface area (Å²) < 4.78 is 2.32. The van der Waals surface area contributed by atoms with Gasteiger partial charge in [0.2, 0.25) is 0 Å². The van der Waals surface area contributed by atoms with E-state index in [1.54, 1.807) is 0 Å². The van der Waals surface area contributed by atoms with Gasteiger partial charge < -0.3 is 4.90 Å². The summed E-state index contributed by atoms with van der Waals surface area (Å²) in [4.78, 5) is 7.20. The number of aromatic nitrogens is 2. The largest absolute Gasteiger partial charge is 0.306 e. The van der Waals surface area contributed by atoms with Crippen LogP contribution in [0.5, 0.6) is 0 Å². The van der Waals surface area contributed by atoms with Crippen LogP contribution in [0.15, 0.2) is 72.8 Å². The van der Waals surface area contributed by atoms with Crippen molar-refractivity contribution in [2.24, 2.45) is 0 Å². The van der Waals surface area contributed by atoms with E-state index in [4.69, 9.17) is 4.98 Å². The van der Waals surface area contributed by atoms with E-state index in [9.17, 15) is 0 Å². The highest BCUT2D eigenvalue weighted by Crippen LogP contribution is 2.46. The third-order valence-corrected chi connectivity index (χ3v) is 4.66. The normalized spacial score (nSPS) is 12.5. The number of imidazole rings is 1. The smallest absolute Gasteiger partial charge is 0.114 e. The molecule has 0 radical (unpaired) electrons. The van der Waals surface area contributed by atoms with Crippen LogP contribution in [0.4, 0.5) is 17.1 Å². The van der Waals surface area contributed by atoms with Crippen LogP contribution in [-0.2, 0) is 6.42 Å². The van der Waals surface area contributed by atoms with Gasteiger partial charge in [-0.25, -0.2) is 4.98 Å². The summed E-state index contributed by atoms with van der Waals surface area (Å²) >= 11 is 0. The van der Waals surface area contributed by atoms with E-state index in [1.165, 1.54) is 28.3 Å². The van der Waals surface area contributed by atoms with E-state index < -0.39 is 0 Å². The summed E-state index contributed by atoms with van der Waals surface area (Å²) in [5.74, 6) is 1.11. The van der Waals surface area contributed by atoms with Crippen molar-refractivity contribution in [3.05, 3.63) is 78.6 Å². The van der Waals surface area contributed by atoms with Crippen molar-refractivity contribution in [3.8, 4) is 5.69 Å². The number of aryl methyl sites for hydroxylation is 1. The first-order valence-corrected chi connectivity index (χ1v) is 8.33. The van der Waals surface area contributed by atoms with E-state index >= 15 is 0 Å². The Morgan fingerprint density at radius 3 is 2.25 bits per heavy atom. The van der Waals surface area contributed by atoms with Crippen LogP contribution in [0.1, 0.15) is 12.7 Å². The first kappa shape index (κ1) is 13.4.